The van der Waals surface area contributed by atoms with Crippen LogP contribution in [-0.4, -0.2) is 0 Å². The zero-order chi connectivity index (χ0) is 17.8. The van der Waals surface area contributed by atoms with Gasteiger partial charge in [0.1, 0.15) is 0 Å². The Kier molecular flexibility index (Phi) is 6.81. The minimum Gasteiger partial charge on any atom is -0.168 e. The van der Waals surface area contributed by atoms with Crippen LogP contribution in [0.2, 0.25) is 0 Å². The Bertz CT molecular complexity index is 1090. The molecule has 0 aliphatic heterocycles. The summed E-state index contributed by atoms with van der Waals surface area (Å²) < 4.78 is 0. The van der Waals surface area contributed by atoms with Gasteiger partial charge in [-0.05, 0) is 5.30 Å². The SMILES string of the molecule is Cc1[cH-]c2ccccc2c1Pc1ccccc1.[Ti+2].c1ccc2[cH-]ccc2c1. The van der Waals surface area contributed by atoms with E-state index in [1.54, 1.807) is 0 Å². The van der Waals surface area contributed by atoms with Gasteiger partial charge in [0.05, 0.1) is 0 Å². The van der Waals surface area contributed by atoms with Crippen LogP contribution in [0, 0.1) is 6.92 Å². The van der Waals surface area contributed by atoms with E-state index in [4.69, 9.17) is 0 Å². The molecule has 5 aromatic carbocycles. The van der Waals surface area contributed by atoms with E-state index in [9.17, 15) is 0 Å². The second-order valence-corrected chi connectivity index (χ2v) is 7.76. The maximum atomic E-state index is 2.29. The summed E-state index contributed by atoms with van der Waals surface area (Å²) >= 11 is 0. The molecular weight excluding hydrogens is 379 g/mol. The molecule has 5 rings (SSSR count). The van der Waals surface area contributed by atoms with Crippen LogP contribution >= 0.6 is 8.58 Å². The van der Waals surface area contributed by atoms with Crippen LogP contribution in [0.5, 0.6) is 0 Å². The van der Waals surface area contributed by atoms with Crippen LogP contribution in [0.4, 0.5) is 0 Å². The molecule has 27 heavy (non-hydrogen) atoms. The van der Waals surface area contributed by atoms with Crippen LogP contribution in [-0.2, 0) is 21.7 Å². The number of hydrogen-bond donors (Lipinski definition) is 0. The Morgan fingerprint density at radius 2 is 1.37 bits per heavy atom. The molecule has 0 aliphatic rings. The van der Waals surface area contributed by atoms with Gasteiger partial charge in [0.2, 0.25) is 0 Å². The van der Waals surface area contributed by atoms with Crippen molar-refractivity contribution in [1.29, 1.82) is 0 Å². The fourth-order valence-electron chi connectivity index (χ4n) is 3.27. The fourth-order valence-corrected chi connectivity index (χ4v) is 4.55. The smallest absolute Gasteiger partial charge is 0.168 e. The van der Waals surface area contributed by atoms with Crippen molar-refractivity contribution in [2.45, 2.75) is 6.92 Å². The molecule has 0 spiro atoms. The summed E-state index contributed by atoms with van der Waals surface area (Å²) in [6.45, 7) is 2.21. The summed E-state index contributed by atoms with van der Waals surface area (Å²) in [4.78, 5) is 0. The first-order valence-electron chi connectivity index (χ1n) is 8.89. The van der Waals surface area contributed by atoms with Gasteiger partial charge in [-0.15, -0.1) is 84.1 Å². The van der Waals surface area contributed by atoms with Crippen LogP contribution in [0.3, 0.4) is 0 Å². The summed E-state index contributed by atoms with van der Waals surface area (Å²) in [5.74, 6) is 0. The van der Waals surface area contributed by atoms with Gasteiger partial charge in [-0.2, -0.15) is 17.5 Å². The Hall–Kier alpha value is -1.98. The van der Waals surface area contributed by atoms with Gasteiger partial charge in [0, 0.05) is 0 Å². The van der Waals surface area contributed by atoms with Crippen molar-refractivity contribution in [3.63, 3.8) is 0 Å². The third kappa shape index (κ3) is 4.66. The van der Waals surface area contributed by atoms with Crippen LogP contribution < -0.4 is 10.6 Å². The number of aryl methyl sites for hydroxylation is 1. The molecule has 0 heterocycles. The number of hydrogen-bond acceptors (Lipinski definition) is 0. The molecule has 2 heteroatoms. The molecule has 1 atom stereocenters. The van der Waals surface area contributed by atoms with E-state index in [0.717, 1.165) is 8.58 Å². The van der Waals surface area contributed by atoms with Crippen LogP contribution in [0.15, 0.2) is 103 Å². The molecule has 0 aromatic heterocycles. The largest absolute Gasteiger partial charge is 2.00 e. The van der Waals surface area contributed by atoms with E-state index in [0.29, 0.717) is 0 Å². The average Bonchev–Trinajstić information content (AvgIpc) is 3.28. The third-order valence-electron chi connectivity index (χ3n) is 4.59. The molecule has 0 nitrogen and oxygen atoms in total. The monoisotopic (exact) mass is 400 g/mol. The normalized spacial score (nSPS) is 10.7. The molecule has 0 radical (unpaired) electrons. The van der Waals surface area contributed by atoms with Gasteiger partial charge in [-0.25, -0.2) is 0 Å². The molecule has 1 unspecified atom stereocenters. The molecule has 0 saturated heterocycles. The number of fused-ring (bicyclic) bond motifs is 2. The van der Waals surface area contributed by atoms with Crippen LogP contribution in [0.1, 0.15) is 5.56 Å². The van der Waals surface area contributed by atoms with Crippen molar-refractivity contribution < 1.29 is 21.7 Å². The number of benzene rings is 3. The molecule has 0 bridgehead atoms. The zero-order valence-corrected chi connectivity index (χ0v) is 17.9. The minimum atomic E-state index is 0. The Morgan fingerprint density at radius 3 is 2.15 bits per heavy atom. The summed E-state index contributed by atoms with van der Waals surface area (Å²) in [6, 6.07) is 36.3. The van der Waals surface area contributed by atoms with E-state index in [1.807, 2.05) is 0 Å². The van der Waals surface area contributed by atoms with Crippen molar-refractivity contribution in [2.75, 3.05) is 0 Å². The quantitative estimate of drug-likeness (QED) is 0.192. The maximum absolute atomic E-state index is 2.29. The predicted octanol–water partition coefficient (Wildman–Crippen LogP) is 6.05. The molecule has 0 N–H and O–H groups in total. The van der Waals surface area contributed by atoms with Crippen molar-refractivity contribution in [3.8, 4) is 0 Å². The fraction of sp³-hybridized carbons (Fsp3) is 0.0400. The van der Waals surface area contributed by atoms with Gasteiger partial charge >= 0.3 is 21.7 Å². The van der Waals surface area contributed by atoms with Gasteiger partial charge in [0.15, 0.2) is 0 Å². The number of rotatable bonds is 2. The molecule has 0 aliphatic carbocycles. The van der Waals surface area contributed by atoms with Gasteiger partial charge in [0.25, 0.3) is 0 Å². The van der Waals surface area contributed by atoms with Crippen molar-refractivity contribution in [3.05, 3.63) is 109 Å². The summed E-state index contributed by atoms with van der Waals surface area (Å²) in [7, 11) is 0.754. The average molecular weight is 400 g/mol. The van der Waals surface area contributed by atoms with Crippen LogP contribution in [0.25, 0.3) is 21.5 Å². The minimum absolute atomic E-state index is 0. The summed E-state index contributed by atoms with van der Waals surface area (Å²) in [5, 5.41) is 8.34. The van der Waals surface area contributed by atoms with E-state index in [-0.39, 0.29) is 21.7 Å². The second-order valence-electron chi connectivity index (χ2n) is 6.44. The molecule has 5 aromatic rings. The van der Waals surface area contributed by atoms with Crippen molar-refractivity contribution >= 4 is 40.7 Å². The first-order chi connectivity index (χ1) is 12.8. The first kappa shape index (κ1) is 19.8. The molecule has 0 amide bonds. The molecule has 130 valence electrons. The van der Waals surface area contributed by atoms with Gasteiger partial charge in [-0.1, -0.05) is 49.4 Å². The third-order valence-corrected chi connectivity index (χ3v) is 6.12. The summed E-state index contributed by atoms with van der Waals surface area (Å²) in [5.41, 5.74) is 1.41. The van der Waals surface area contributed by atoms with Crippen molar-refractivity contribution in [1.82, 2.24) is 0 Å². The van der Waals surface area contributed by atoms with E-state index >= 15 is 0 Å². The van der Waals surface area contributed by atoms with E-state index in [1.165, 1.54) is 37.7 Å². The zero-order valence-electron chi connectivity index (χ0n) is 15.3. The molecular formula is C25H21PTi. The molecule has 0 fully saturated rings. The second kappa shape index (κ2) is 9.29. The first-order valence-corrected chi connectivity index (χ1v) is 9.89. The predicted molar refractivity (Wildman–Crippen MR) is 118 cm³/mol. The van der Waals surface area contributed by atoms with Gasteiger partial charge < -0.3 is 0 Å². The standard InChI is InChI=1S/C16H14P.C9H7.Ti/c1-12-11-13-7-5-6-10-15(13)16(12)17-14-8-3-2-4-9-14;1-2-5-9-7-3-6-8(9)4-1;/h2-11,17H,1H3;1-7H;/q2*-1;+2. The Morgan fingerprint density at radius 1 is 0.704 bits per heavy atom. The Balaban J connectivity index is 0.000000178. The van der Waals surface area contributed by atoms with Gasteiger partial charge in [-0.3, -0.25) is 0 Å². The van der Waals surface area contributed by atoms with Crippen molar-refractivity contribution in [2.24, 2.45) is 0 Å². The Labute approximate surface area is 177 Å². The van der Waals surface area contributed by atoms with E-state index in [2.05, 4.69) is 110 Å². The topological polar surface area (TPSA) is 0 Å². The molecule has 0 saturated carbocycles. The maximum Gasteiger partial charge on any atom is 2.00 e. The van der Waals surface area contributed by atoms with E-state index < -0.39 is 0 Å². The summed E-state index contributed by atoms with van der Waals surface area (Å²) in [6.07, 6.45) is 0.